The lowest BCUT2D eigenvalue weighted by Crippen LogP contribution is -2.16. The maximum Gasteiger partial charge on any atom is 0.433 e. The van der Waals surface area contributed by atoms with Gasteiger partial charge in [-0.15, -0.1) is 0 Å². The first-order valence-electron chi connectivity index (χ1n) is 11.7. The number of carbonyl (C=O) groups excluding carboxylic acids is 1. The second-order valence-electron chi connectivity index (χ2n) is 7.68. The van der Waals surface area contributed by atoms with E-state index in [2.05, 4.69) is 20.4 Å². The summed E-state index contributed by atoms with van der Waals surface area (Å²) < 4.78 is 47.0. The number of aromatic nitrogens is 4. The predicted octanol–water partition coefficient (Wildman–Crippen LogP) is 6.02. The Kier molecular flexibility index (Phi) is 12.3. The van der Waals surface area contributed by atoms with E-state index in [0.717, 1.165) is 29.4 Å². The minimum Gasteiger partial charge on any atom is -0.369 e. The molecule has 0 saturated carbocycles. The molecular formula is C24H30ClF3N6O2S. The van der Waals surface area contributed by atoms with Crippen molar-refractivity contribution < 1.29 is 22.1 Å². The van der Waals surface area contributed by atoms with Crippen molar-refractivity contribution in [1.29, 1.82) is 0 Å². The van der Waals surface area contributed by atoms with Crippen molar-refractivity contribution in [3.05, 3.63) is 70.4 Å². The monoisotopic (exact) mass is 558 g/mol. The third-order valence-corrected chi connectivity index (χ3v) is 5.78. The van der Waals surface area contributed by atoms with Crippen molar-refractivity contribution in [2.45, 2.75) is 46.3 Å². The lowest BCUT2D eigenvalue weighted by atomic mass is 10.0. The SMILES string of the molecule is CC.CCC(CCNc1ncncc1C(=O)c1cc(C(F)(F)F)n(Cc2cccc(Cl)c2)n1)COSN. The van der Waals surface area contributed by atoms with Gasteiger partial charge in [-0.2, -0.15) is 18.3 Å². The maximum absolute atomic E-state index is 13.7. The molecule has 0 radical (unpaired) electrons. The van der Waals surface area contributed by atoms with E-state index < -0.39 is 17.7 Å². The number of nitrogens with one attached hydrogen (secondary N) is 1. The molecule has 1 unspecified atom stereocenters. The number of halogens is 4. The Balaban J connectivity index is 0.00000235. The molecule has 0 amide bonds. The number of nitrogens with two attached hydrogens (primary N) is 1. The summed E-state index contributed by atoms with van der Waals surface area (Å²) >= 11 is 6.75. The summed E-state index contributed by atoms with van der Waals surface area (Å²) in [6, 6.07) is 7.15. The molecule has 2 heterocycles. The van der Waals surface area contributed by atoms with Crippen LogP contribution in [0.4, 0.5) is 19.0 Å². The van der Waals surface area contributed by atoms with Crippen molar-refractivity contribution >= 4 is 35.4 Å². The summed E-state index contributed by atoms with van der Waals surface area (Å²) in [6.07, 6.45) is -0.628. The topological polar surface area (TPSA) is 108 Å². The number of rotatable bonds is 12. The number of anilines is 1. The first-order valence-corrected chi connectivity index (χ1v) is 12.9. The molecule has 8 nitrogen and oxygen atoms in total. The van der Waals surface area contributed by atoms with Gasteiger partial charge in [-0.1, -0.05) is 50.9 Å². The van der Waals surface area contributed by atoms with Crippen LogP contribution >= 0.6 is 23.8 Å². The van der Waals surface area contributed by atoms with Gasteiger partial charge in [-0.05, 0) is 30.0 Å². The van der Waals surface area contributed by atoms with Crippen molar-refractivity contribution in [3.63, 3.8) is 0 Å². The van der Waals surface area contributed by atoms with Gasteiger partial charge in [-0.3, -0.25) is 14.6 Å². The highest BCUT2D eigenvalue weighted by molar-refractivity contribution is 7.92. The molecule has 3 aromatic rings. The molecule has 3 N–H and O–H groups in total. The molecule has 0 fully saturated rings. The number of nitrogens with zero attached hydrogens (tertiary/aromatic N) is 4. The van der Waals surface area contributed by atoms with Crippen LogP contribution in [0.15, 0.2) is 42.9 Å². The fourth-order valence-corrected chi connectivity index (χ4v) is 3.88. The van der Waals surface area contributed by atoms with E-state index in [9.17, 15) is 18.0 Å². The molecule has 1 aromatic carbocycles. The van der Waals surface area contributed by atoms with Gasteiger partial charge < -0.3 is 9.50 Å². The summed E-state index contributed by atoms with van der Waals surface area (Å²) in [5.41, 5.74) is -0.874. The zero-order chi connectivity index (χ0) is 27.4. The average molecular weight is 559 g/mol. The quantitative estimate of drug-likeness (QED) is 0.158. The van der Waals surface area contributed by atoms with Gasteiger partial charge in [0.05, 0.1) is 30.9 Å². The van der Waals surface area contributed by atoms with Crippen LogP contribution in [0, 0.1) is 5.92 Å². The number of hydrogen-bond acceptors (Lipinski definition) is 8. The van der Waals surface area contributed by atoms with Gasteiger partial charge in [0, 0.05) is 23.8 Å². The highest BCUT2D eigenvalue weighted by Gasteiger charge is 2.37. The molecule has 0 bridgehead atoms. The molecule has 0 spiro atoms. The third kappa shape index (κ3) is 8.99. The second kappa shape index (κ2) is 14.9. The van der Waals surface area contributed by atoms with Gasteiger partial charge in [-0.25, -0.2) is 9.97 Å². The lowest BCUT2D eigenvalue weighted by Gasteiger charge is -2.15. The summed E-state index contributed by atoms with van der Waals surface area (Å²) in [6.45, 7) is 6.75. The minimum absolute atomic E-state index is 0.0236. The van der Waals surface area contributed by atoms with E-state index in [1.807, 2.05) is 20.8 Å². The van der Waals surface area contributed by atoms with Crippen molar-refractivity contribution in [2.75, 3.05) is 18.5 Å². The molecule has 202 valence electrons. The van der Waals surface area contributed by atoms with E-state index in [1.165, 1.54) is 12.5 Å². The van der Waals surface area contributed by atoms with E-state index >= 15 is 0 Å². The summed E-state index contributed by atoms with van der Waals surface area (Å²) in [7, 11) is 0. The number of hydrogen-bond donors (Lipinski definition) is 2. The highest BCUT2D eigenvalue weighted by atomic mass is 35.5. The Labute approximate surface area is 223 Å². The predicted molar refractivity (Wildman–Crippen MR) is 139 cm³/mol. The molecule has 3 rings (SSSR count). The van der Waals surface area contributed by atoms with Gasteiger partial charge in [0.15, 0.2) is 0 Å². The number of benzene rings is 1. The van der Waals surface area contributed by atoms with Crippen LogP contribution < -0.4 is 10.5 Å². The van der Waals surface area contributed by atoms with Crippen LogP contribution in [0.2, 0.25) is 5.02 Å². The van der Waals surface area contributed by atoms with Crippen molar-refractivity contribution in [1.82, 2.24) is 19.7 Å². The molecule has 0 aliphatic heterocycles. The standard InChI is InChI=1S/C22H24ClF3N6O2S.C2H6/c1-2-14(12-34-35-27)6-7-29-21-17(10-28-13-30-21)20(33)18-9-19(22(24,25)26)32(31-18)11-15-4-3-5-16(23)8-15;1-2/h3-5,8-10,13-14H,2,6-7,11-12,27H2,1H3,(H,28,29,30);1-2H3. The van der Waals surface area contributed by atoms with Gasteiger partial charge in [0.25, 0.3) is 0 Å². The lowest BCUT2D eigenvalue weighted by molar-refractivity contribution is -0.144. The molecule has 37 heavy (non-hydrogen) atoms. The van der Waals surface area contributed by atoms with Crippen LogP contribution in [-0.2, 0) is 16.9 Å². The summed E-state index contributed by atoms with van der Waals surface area (Å²) in [5.74, 6) is -0.277. The number of alkyl halides is 3. The highest BCUT2D eigenvalue weighted by Crippen LogP contribution is 2.31. The third-order valence-electron chi connectivity index (χ3n) is 5.28. The zero-order valence-electron chi connectivity index (χ0n) is 20.8. The smallest absolute Gasteiger partial charge is 0.369 e. The average Bonchev–Trinajstić information content (AvgIpc) is 3.31. The molecular weight excluding hydrogens is 529 g/mol. The Morgan fingerprint density at radius 1 is 1.30 bits per heavy atom. The van der Waals surface area contributed by atoms with E-state index in [1.54, 1.807) is 24.3 Å². The van der Waals surface area contributed by atoms with E-state index in [0.29, 0.717) is 30.2 Å². The van der Waals surface area contributed by atoms with E-state index in [-0.39, 0.29) is 29.5 Å². The summed E-state index contributed by atoms with van der Waals surface area (Å²) in [4.78, 5) is 21.1. The molecule has 13 heteroatoms. The fourth-order valence-electron chi connectivity index (χ4n) is 3.39. The van der Waals surface area contributed by atoms with Gasteiger partial charge >= 0.3 is 6.18 Å². The fraction of sp³-hybridized carbons (Fsp3) is 0.417. The van der Waals surface area contributed by atoms with Crippen LogP contribution in [0.5, 0.6) is 0 Å². The molecule has 0 aliphatic rings. The number of carbonyl (C=O) groups is 1. The van der Waals surface area contributed by atoms with E-state index in [4.69, 9.17) is 20.9 Å². The first kappa shape index (κ1) is 30.6. The van der Waals surface area contributed by atoms with Crippen molar-refractivity contribution in [2.24, 2.45) is 11.1 Å². The Morgan fingerprint density at radius 2 is 2.05 bits per heavy atom. The van der Waals surface area contributed by atoms with Crippen LogP contribution in [0.3, 0.4) is 0 Å². The maximum atomic E-state index is 13.7. The van der Waals surface area contributed by atoms with Crippen molar-refractivity contribution in [3.8, 4) is 0 Å². The minimum atomic E-state index is -4.71. The normalized spacial score (nSPS) is 12.0. The molecule has 0 aliphatic carbocycles. The Hall–Kier alpha value is -2.67. The second-order valence-corrected chi connectivity index (χ2v) is 8.55. The zero-order valence-corrected chi connectivity index (χ0v) is 22.3. The largest absolute Gasteiger partial charge is 0.433 e. The Morgan fingerprint density at radius 3 is 2.70 bits per heavy atom. The molecule has 0 saturated heterocycles. The number of ketones is 1. The molecule has 2 aromatic heterocycles. The van der Waals surface area contributed by atoms with Crippen LogP contribution in [0.1, 0.15) is 60.9 Å². The molecule has 1 atom stereocenters. The van der Waals surface area contributed by atoms with Crippen LogP contribution in [-0.4, -0.2) is 38.7 Å². The Bertz CT molecular complexity index is 1150. The summed E-state index contributed by atoms with van der Waals surface area (Å²) in [5, 5.41) is 12.7. The first-order chi connectivity index (χ1) is 17.7. The van der Waals surface area contributed by atoms with Gasteiger partial charge in [0.2, 0.25) is 5.78 Å². The van der Waals surface area contributed by atoms with Gasteiger partial charge in [0.1, 0.15) is 23.5 Å². The van der Waals surface area contributed by atoms with Crippen LogP contribution in [0.25, 0.3) is 0 Å².